The van der Waals surface area contributed by atoms with E-state index in [-0.39, 0.29) is 6.04 Å². The Morgan fingerprint density at radius 3 is 2.68 bits per heavy atom. The van der Waals surface area contributed by atoms with Gasteiger partial charge in [-0.15, -0.1) is 0 Å². The third-order valence-corrected chi connectivity index (χ3v) is 4.65. The van der Waals surface area contributed by atoms with E-state index >= 15 is 0 Å². The van der Waals surface area contributed by atoms with Crippen molar-refractivity contribution in [2.75, 3.05) is 13.1 Å². The fraction of sp³-hybridized carbons (Fsp3) is 0.733. The van der Waals surface area contributed by atoms with Crippen molar-refractivity contribution in [2.45, 2.75) is 57.4 Å². The van der Waals surface area contributed by atoms with Crippen LogP contribution in [0.1, 0.15) is 73.9 Å². The second kappa shape index (κ2) is 5.46. The zero-order valence-corrected chi connectivity index (χ0v) is 13.0. The third kappa shape index (κ3) is 2.65. The van der Waals surface area contributed by atoms with Crippen molar-refractivity contribution in [3.63, 3.8) is 0 Å². The van der Waals surface area contributed by atoms with E-state index in [9.17, 15) is 0 Å². The van der Waals surface area contributed by atoms with Crippen LogP contribution in [0.5, 0.6) is 0 Å². The molecule has 0 N–H and O–H groups in total. The summed E-state index contributed by atoms with van der Waals surface area (Å²) >= 11 is 0. The molecule has 2 unspecified atom stereocenters. The van der Waals surface area contributed by atoms with Crippen LogP contribution in [0.3, 0.4) is 0 Å². The number of aryl methyl sites for hydroxylation is 1. The van der Waals surface area contributed by atoms with Gasteiger partial charge in [-0.2, -0.15) is 9.97 Å². The second-order valence-corrected chi connectivity index (χ2v) is 6.45. The summed E-state index contributed by atoms with van der Waals surface area (Å²) in [7, 11) is 0. The smallest absolute Gasteiger partial charge is 0.243 e. The van der Waals surface area contributed by atoms with Gasteiger partial charge in [0.25, 0.3) is 0 Å². The lowest BCUT2D eigenvalue weighted by Crippen LogP contribution is -2.36. The van der Waals surface area contributed by atoms with Gasteiger partial charge in [-0.3, -0.25) is 4.90 Å². The summed E-state index contributed by atoms with van der Waals surface area (Å²) in [5.74, 6) is 3.90. The molecule has 1 aliphatic carbocycles. The quantitative estimate of drug-likeness (QED) is 0.858. The third-order valence-electron chi connectivity index (χ3n) is 4.65. The second-order valence-electron chi connectivity index (χ2n) is 6.45. The number of aromatic nitrogens is 4. The van der Waals surface area contributed by atoms with Crippen LogP contribution in [0.4, 0.5) is 0 Å². The molecule has 0 amide bonds. The van der Waals surface area contributed by atoms with Crippen molar-refractivity contribution in [1.82, 2.24) is 25.2 Å². The van der Waals surface area contributed by atoms with Gasteiger partial charge in [0.2, 0.25) is 11.8 Å². The number of hydrogen-bond donors (Lipinski definition) is 0. The highest BCUT2D eigenvalue weighted by Crippen LogP contribution is 2.40. The van der Waals surface area contributed by atoms with Gasteiger partial charge < -0.3 is 9.05 Å². The highest BCUT2D eigenvalue weighted by molar-refractivity contribution is 5.06. The van der Waals surface area contributed by atoms with Crippen molar-refractivity contribution in [3.8, 4) is 0 Å². The van der Waals surface area contributed by atoms with Crippen molar-refractivity contribution >= 4 is 0 Å². The van der Waals surface area contributed by atoms with Gasteiger partial charge in [-0.1, -0.05) is 10.3 Å². The summed E-state index contributed by atoms with van der Waals surface area (Å²) in [6, 6.07) is 0.124. The van der Waals surface area contributed by atoms with E-state index in [1.54, 1.807) is 0 Å². The van der Waals surface area contributed by atoms with Gasteiger partial charge >= 0.3 is 0 Å². The molecule has 3 heterocycles. The lowest BCUT2D eigenvalue weighted by atomic mass is 9.96. The first kappa shape index (κ1) is 13.9. The van der Waals surface area contributed by atoms with Gasteiger partial charge in [-0.25, -0.2) is 0 Å². The monoisotopic (exact) mass is 303 g/mol. The number of nitrogens with zero attached hydrogens (tertiary/aromatic N) is 5. The first-order valence-corrected chi connectivity index (χ1v) is 8.08. The minimum absolute atomic E-state index is 0.124. The normalized spacial score (nSPS) is 24.5. The Morgan fingerprint density at radius 2 is 1.95 bits per heavy atom. The Hall–Kier alpha value is -1.76. The molecule has 1 saturated carbocycles. The number of hydrogen-bond acceptors (Lipinski definition) is 7. The van der Waals surface area contributed by atoms with Crippen molar-refractivity contribution in [2.24, 2.45) is 0 Å². The van der Waals surface area contributed by atoms with E-state index in [0.29, 0.717) is 23.6 Å². The molecule has 2 atom stereocenters. The molecule has 2 aliphatic rings. The molecule has 2 fully saturated rings. The van der Waals surface area contributed by atoms with Crippen LogP contribution in [-0.2, 0) is 0 Å². The average Bonchev–Trinajstić information content (AvgIpc) is 3.10. The number of likely N-dealkylation sites (tertiary alicyclic amines) is 1. The van der Waals surface area contributed by atoms with E-state index in [0.717, 1.165) is 37.6 Å². The molecule has 0 aromatic carbocycles. The summed E-state index contributed by atoms with van der Waals surface area (Å²) in [5, 5.41) is 8.09. The van der Waals surface area contributed by atoms with Gasteiger partial charge in [0, 0.05) is 18.4 Å². The lowest BCUT2D eigenvalue weighted by molar-refractivity contribution is 0.130. The van der Waals surface area contributed by atoms with E-state index in [1.807, 2.05) is 6.92 Å². The molecule has 118 valence electrons. The molecule has 2 aromatic rings. The Kier molecular flexibility index (Phi) is 3.44. The molecule has 7 nitrogen and oxygen atoms in total. The molecular weight excluding hydrogens is 282 g/mol. The maximum absolute atomic E-state index is 5.40. The van der Waals surface area contributed by atoms with Crippen LogP contribution >= 0.6 is 0 Å². The molecule has 0 bridgehead atoms. The number of piperidine rings is 1. The summed E-state index contributed by atoms with van der Waals surface area (Å²) < 4.78 is 10.7. The minimum Gasteiger partial charge on any atom is -0.339 e. The van der Waals surface area contributed by atoms with E-state index in [1.165, 1.54) is 12.8 Å². The van der Waals surface area contributed by atoms with Gasteiger partial charge in [-0.05, 0) is 46.1 Å². The van der Waals surface area contributed by atoms with Gasteiger partial charge in [0.15, 0.2) is 11.6 Å². The van der Waals surface area contributed by atoms with Crippen molar-refractivity contribution in [1.29, 1.82) is 0 Å². The van der Waals surface area contributed by atoms with Crippen LogP contribution in [0.2, 0.25) is 0 Å². The largest absolute Gasteiger partial charge is 0.339 e. The topological polar surface area (TPSA) is 81.1 Å². The summed E-state index contributed by atoms with van der Waals surface area (Å²) in [6.45, 7) is 5.90. The Labute approximate surface area is 129 Å². The average molecular weight is 303 g/mol. The molecule has 1 saturated heterocycles. The first-order chi connectivity index (χ1) is 10.7. The molecule has 2 aromatic heterocycles. The predicted octanol–water partition coefficient (Wildman–Crippen LogP) is 2.58. The standard InChI is InChI=1S/C15H21N5O2/c1-9(14-16-10(2)18-21-14)20-7-3-4-12(8-20)13-17-15(22-19-13)11-5-6-11/h9,11-12H,3-8H2,1-2H3. The minimum atomic E-state index is 0.124. The highest BCUT2D eigenvalue weighted by Gasteiger charge is 2.33. The number of rotatable bonds is 4. The van der Waals surface area contributed by atoms with Crippen LogP contribution in [0, 0.1) is 6.92 Å². The van der Waals surface area contributed by atoms with E-state index in [2.05, 4.69) is 32.1 Å². The van der Waals surface area contributed by atoms with E-state index in [4.69, 9.17) is 9.05 Å². The van der Waals surface area contributed by atoms with Crippen LogP contribution in [0.25, 0.3) is 0 Å². The maximum atomic E-state index is 5.40. The van der Waals surface area contributed by atoms with Crippen LogP contribution < -0.4 is 0 Å². The first-order valence-electron chi connectivity index (χ1n) is 8.08. The van der Waals surface area contributed by atoms with Gasteiger partial charge in [0.1, 0.15) is 0 Å². The van der Waals surface area contributed by atoms with Crippen LogP contribution in [0.15, 0.2) is 9.05 Å². The fourth-order valence-electron chi connectivity index (χ4n) is 3.12. The predicted molar refractivity (Wildman–Crippen MR) is 77.3 cm³/mol. The summed E-state index contributed by atoms with van der Waals surface area (Å²) in [5.41, 5.74) is 0. The molecule has 7 heteroatoms. The molecule has 0 spiro atoms. The van der Waals surface area contributed by atoms with Crippen LogP contribution in [-0.4, -0.2) is 38.3 Å². The SMILES string of the molecule is Cc1noc(C(C)N2CCCC(c3noc(C4CC4)n3)C2)n1. The Balaban J connectivity index is 1.46. The molecular formula is C15H21N5O2. The Morgan fingerprint density at radius 1 is 1.09 bits per heavy atom. The zero-order chi connectivity index (χ0) is 15.1. The lowest BCUT2D eigenvalue weighted by Gasteiger charge is -2.34. The summed E-state index contributed by atoms with van der Waals surface area (Å²) in [4.78, 5) is 11.3. The van der Waals surface area contributed by atoms with E-state index < -0.39 is 0 Å². The molecule has 0 radical (unpaired) electrons. The van der Waals surface area contributed by atoms with Crippen molar-refractivity contribution in [3.05, 3.63) is 23.4 Å². The van der Waals surface area contributed by atoms with Gasteiger partial charge in [0.05, 0.1) is 6.04 Å². The molecule has 22 heavy (non-hydrogen) atoms. The Bertz CT molecular complexity index is 648. The highest BCUT2D eigenvalue weighted by atomic mass is 16.5. The maximum Gasteiger partial charge on any atom is 0.243 e. The fourth-order valence-corrected chi connectivity index (χ4v) is 3.12. The van der Waals surface area contributed by atoms with Crippen molar-refractivity contribution < 1.29 is 9.05 Å². The molecule has 1 aliphatic heterocycles. The molecule has 4 rings (SSSR count). The zero-order valence-electron chi connectivity index (χ0n) is 13.0. The summed E-state index contributed by atoms with van der Waals surface area (Å²) in [6.07, 6.45) is 4.60.